The zero-order valence-electron chi connectivity index (χ0n) is 14.9. The fourth-order valence-corrected chi connectivity index (χ4v) is 3.61. The predicted octanol–water partition coefficient (Wildman–Crippen LogP) is 2.36. The quantitative estimate of drug-likeness (QED) is 0.842. The van der Waals surface area contributed by atoms with Crippen molar-refractivity contribution in [1.29, 1.82) is 0 Å². The summed E-state index contributed by atoms with van der Waals surface area (Å²) in [7, 11) is 0. The van der Waals surface area contributed by atoms with Crippen LogP contribution in [-0.4, -0.2) is 55.2 Å². The van der Waals surface area contributed by atoms with Crippen LogP contribution >= 0.6 is 0 Å². The van der Waals surface area contributed by atoms with Gasteiger partial charge in [0.1, 0.15) is 18.6 Å². The number of hydrogen-bond acceptors (Lipinski definition) is 6. The molecule has 138 valence electrons. The normalized spacial score (nSPS) is 25.4. The molecule has 0 aromatic heterocycles. The number of esters is 1. The van der Waals surface area contributed by atoms with E-state index in [0.29, 0.717) is 37.7 Å². The van der Waals surface area contributed by atoms with Crippen LogP contribution in [0, 0.1) is 5.92 Å². The Hall–Kier alpha value is -1.63. The topological polar surface area (TPSA) is 68.2 Å². The first kappa shape index (κ1) is 18.2. The van der Waals surface area contributed by atoms with Crippen LogP contribution in [0.25, 0.3) is 0 Å². The van der Waals surface area contributed by atoms with E-state index in [1.807, 2.05) is 6.07 Å². The smallest absolute Gasteiger partial charge is 0.338 e. The summed E-state index contributed by atoms with van der Waals surface area (Å²) in [6, 6.07) is 5.39. The third-order valence-electron chi connectivity index (χ3n) is 5.04. The van der Waals surface area contributed by atoms with Crippen molar-refractivity contribution >= 4 is 5.97 Å². The minimum absolute atomic E-state index is 0.00864. The van der Waals surface area contributed by atoms with Gasteiger partial charge in [-0.3, -0.25) is 4.90 Å². The Morgan fingerprint density at radius 3 is 3.00 bits per heavy atom. The highest BCUT2D eigenvalue weighted by Crippen LogP contribution is 2.35. The van der Waals surface area contributed by atoms with Crippen molar-refractivity contribution in [3.63, 3.8) is 0 Å². The Labute approximate surface area is 148 Å². The van der Waals surface area contributed by atoms with Crippen LogP contribution in [-0.2, 0) is 9.47 Å². The third-order valence-corrected chi connectivity index (χ3v) is 5.04. The average molecular weight is 349 g/mol. The largest absolute Gasteiger partial charge is 0.492 e. The van der Waals surface area contributed by atoms with Crippen LogP contribution in [0.1, 0.15) is 48.7 Å². The van der Waals surface area contributed by atoms with Gasteiger partial charge in [-0.05, 0) is 38.8 Å². The van der Waals surface area contributed by atoms with Gasteiger partial charge in [0.25, 0.3) is 0 Å². The second-order valence-corrected chi connectivity index (χ2v) is 6.63. The number of ether oxygens (including phenoxy) is 3. The Kier molecular flexibility index (Phi) is 5.93. The summed E-state index contributed by atoms with van der Waals surface area (Å²) in [5, 5.41) is 10.8. The van der Waals surface area contributed by atoms with Crippen molar-refractivity contribution in [2.24, 2.45) is 5.92 Å². The zero-order chi connectivity index (χ0) is 17.8. The van der Waals surface area contributed by atoms with Crippen molar-refractivity contribution in [3.05, 3.63) is 29.3 Å². The monoisotopic (exact) mass is 349 g/mol. The van der Waals surface area contributed by atoms with Gasteiger partial charge in [-0.15, -0.1) is 0 Å². The van der Waals surface area contributed by atoms with E-state index in [1.165, 1.54) is 0 Å². The number of benzene rings is 1. The summed E-state index contributed by atoms with van der Waals surface area (Å²) >= 11 is 0. The summed E-state index contributed by atoms with van der Waals surface area (Å²) in [6.07, 6.45) is 1.40. The lowest BCUT2D eigenvalue weighted by molar-refractivity contribution is -0.100. The first-order chi connectivity index (χ1) is 12.1. The summed E-state index contributed by atoms with van der Waals surface area (Å²) in [5.41, 5.74) is 1.46. The highest BCUT2D eigenvalue weighted by molar-refractivity contribution is 5.90. The molecule has 2 aliphatic rings. The molecule has 6 nitrogen and oxygen atoms in total. The molecule has 2 aliphatic heterocycles. The predicted molar refractivity (Wildman–Crippen MR) is 92.6 cm³/mol. The summed E-state index contributed by atoms with van der Waals surface area (Å²) < 4.78 is 16.4. The minimum Gasteiger partial charge on any atom is -0.492 e. The molecule has 0 saturated carbocycles. The minimum atomic E-state index is -0.561. The molecule has 0 radical (unpaired) electrons. The van der Waals surface area contributed by atoms with Gasteiger partial charge in [0.05, 0.1) is 18.8 Å². The molecule has 1 aromatic rings. The van der Waals surface area contributed by atoms with Crippen LogP contribution in [0.15, 0.2) is 18.2 Å². The summed E-state index contributed by atoms with van der Waals surface area (Å²) in [6.45, 7) is 6.66. The van der Waals surface area contributed by atoms with Gasteiger partial charge < -0.3 is 19.3 Å². The van der Waals surface area contributed by atoms with E-state index < -0.39 is 6.23 Å². The maximum atomic E-state index is 11.9. The lowest BCUT2D eigenvalue weighted by atomic mass is 9.97. The number of aliphatic hydroxyl groups is 1. The SMILES string of the molecule is CCOC(=O)c1ccc2c(c1)OCCN(C(O)[C@H]1CCCOC1)C2C. The number of fused-ring (bicyclic) bond motifs is 1. The molecular formula is C19H27NO5. The molecule has 0 aliphatic carbocycles. The fraction of sp³-hybridized carbons (Fsp3) is 0.632. The summed E-state index contributed by atoms with van der Waals surface area (Å²) in [4.78, 5) is 14.0. The standard InChI is InChI=1S/C19H27NO5/c1-3-24-19(22)14-6-7-16-13(2)20(8-10-25-17(16)11-14)18(21)15-5-4-9-23-12-15/h6-7,11,13,15,18,21H,3-5,8-10,12H2,1-2H3/t13?,15-,18?/m0/s1. The maximum Gasteiger partial charge on any atom is 0.338 e. The number of carbonyl (C=O) groups is 1. The van der Waals surface area contributed by atoms with Crippen LogP contribution < -0.4 is 4.74 Å². The van der Waals surface area contributed by atoms with Crippen LogP contribution in [0.4, 0.5) is 0 Å². The van der Waals surface area contributed by atoms with Crippen LogP contribution in [0.2, 0.25) is 0 Å². The first-order valence-electron chi connectivity index (χ1n) is 9.07. The van der Waals surface area contributed by atoms with Crippen molar-refractivity contribution < 1.29 is 24.1 Å². The Morgan fingerprint density at radius 1 is 1.44 bits per heavy atom. The molecule has 1 N–H and O–H groups in total. The first-order valence-corrected chi connectivity index (χ1v) is 9.07. The lowest BCUT2D eigenvalue weighted by Gasteiger charge is -2.37. The van der Waals surface area contributed by atoms with E-state index >= 15 is 0 Å². The number of rotatable bonds is 4. The van der Waals surface area contributed by atoms with Crippen LogP contribution in [0.3, 0.4) is 0 Å². The lowest BCUT2D eigenvalue weighted by Crippen LogP contribution is -2.45. The van der Waals surface area contributed by atoms with E-state index in [2.05, 4.69) is 11.8 Å². The molecule has 0 bridgehead atoms. The molecule has 3 atom stereocenters. The molecule has 3 rings (SSSR count). The molecular weight excluding hydrogens is 322 g/mol. The highest BCUT2D eigenvalue weighted by Gasteiger charge is 2.33. The van der Waals surface area contributed by atoms with E-state index in [0.717, 1.165) is 25.0 Å². The third kappa shape index (κ3) is 3.97. The van der Waals surface area contributed by atoms with E-state index in [1.54, 1.807) is 19.1 Å². The summed E-state index contributed by atoms with van der Waals surface area (Å²) in [5.74, 6) is 0.464. The molecule has 0 amide bonds. The molecule has 2 heterocycles. The van der Waals surface area contributed by atoms with Crippen molar-refractivity contribution in [2.75, 3.05) is 33.0 Å². The molecule has 6 heteroatoms. The molecule has 1 aromatic carbocycles. The molecule has 1 saturated heterocycles. The van der Waals surface area contributed by atoms with E-state index in [4.69, 9.17) is 14.2 Å². The molecule has 0 spiro atoms. The Balaban J connectivity index is 1.79. The zero-order valence-corrected chi connectivity index (χ0v) is 14.9. The molecule has 1 fully saturated rings. The second-order valence-electron chi connectivity index (χ2n) is 6.63. The highest BCUT2D eigenvalue weighted by atomic mass is 16.5. The van der Waals surface area contributed by atoms with Crippen molar-refractivity contribution in [3.8, 4) is 5.75 Å². The maximum absolute atomic E-state index is 11.9. The van der Waals surface area contributed by atoms with Gasteiger partial charge in [0.2, 0.25) is 0 Å². The molecule has 25 heavy (non-hydrogen) atoms. The number of carbonyl (C=O) groups excluding carboxylic acids is 1. The average Bonchev–Trinajstić information content (AvgIpc) is 2.80. The van der Waals surface area contributed by atoms with Gasteiger partial charge in [-0.1, -0.05) is 6.07 Å². The van der Waals surface area contributed by atoms with Gasteiger partial charge in [0, 0.05) is 30.7 Å². The van der Waals surface area contributed by atoms with Gasteiger partial charge in [-0.2, -0.15) is 0 Å². The number of nitrogens with zero attached hydrogens (tertiary/aromatic N) is 1. The van der Waals surface area contributed by atoms with Gasteiger partial charge in [-0.25, -0.2) is 4.79 Å². The second kappa shape index (κ2) is 8.17. The van der Waals surface area contributed by atoms with E-state index in [9.17, 15) is 9.90 Å². The Bertz CT molecular complexity index is 599. The van der Waals surface area contributed by atoms with Crippen molar-refractivity contribution in [2.45, 2.75) is 39.0 Å². The van der Waals surface area contributed by atoms with Gasteiger partial charge >= 0.3 is 5.97 Å². The van der Waals surface area contributed by atoms with Crippen molar-refractivity contribution in [1.82, 2.24) is 4.90 Å². The molecule has 2 unspecified atom stereocenters. The van der Waals surface area contributed by atoms with E-state index in [-0.39, 0.29) is 17.9 Å². The number of aliphatic hydroxyl groups excluding tert-OH is 1. The number of hydrogen-bond donors (Lipinski definition) is 1. The Morgan fingerprint density at radius 2 is 2.28 bits per heavy atom. The van der Waals surface area contributed by atoms with Crippen LogP contribution in [0.5, 0.6) is 5.75 Å². The fourth-order valence-electron chi connectivity index (χ4n) is 3.61. The van der Waals surface area contributed by atoms with Gasteiger partial charge in [0.15, 0.2) is 0 Å².